The van der Waals surface area contributed by atoms with Crippen molar-refractivity contribution in [2.24, 2.45) is 13.0 Å². The van der Waals surface area contributed by atoms with E-state index in [0.717, 1.165) is 35.3 Å². The number of rotatable bonds is 4. The van der Waals surface area contributed by atoms with E-state index in [4.69, 9.17) is 0 Å². The van der Waals surface area contributed by atoms with Gasteiger partial charge >= 0.3 is 0 Å². The molecule has 2 aromatic rings. The van der Waals surface area contributed by atoms with Crippen LogP contribution in [0.15, 0.2) is 18.2 Å². The van der Waals surface area contributed by atoms with Crippen LogP contribution in [0.25, 0.3) is 11.0 Å². The molecule has 0 spiro atoms. The Labute approximate surface area is 159 Å². The molecule has 2 heterocycles. The third kappa shape index (κ3) is 3.57. The normalized spacial score (nSPS) is 21.2. The zero-order chi connectivity index (χ0) is 19.0. The van der Waals surface area contributed by atoms with Gasteiger partial charge in [0.25, 0.3) is 0 Å². The zero-order valence-corrected chi connectivity index (χ0v) is 16.2. The minimum Gasteiger partial charge on any atom is -0.352 e. The number of piperidine rings is 1. The van der Waals surface area contributed by atoms with Crippen molar-refractivity contribution in [3.05, 3.63) is 29.6 Å². The largest absolute Gasteiger partial charge is 0.352 e. The van der Waals surface area contributed by atoms with Crippen molar-refractivity contribution >= 4 is 22.8 Å². The summed E-state index contributed by atoms with van der Waals surface area (Å²) in [4.78, 5) is 31.5. The minimum absolute atomic E-state index is 0.0581. The molecule has 6 nitrogen and oxygen atoms in total. The molecule has 0 radical (unpaired) electrons. The molecule has 2 aliphatic rings. The van der Waals surface area contributed by atoms with Gasteiger partial charge in [-0.3, -0.25) is 9.59 Å². The first-order valence-corrected chi connectivity index (χ1v) is 10.0. The molecule has 2 fully saturated rings. The van der Waals surface area contributed by atoms with Crippen LogP contribution in [0.1, 0.15) is 49.9 Å². The van der Waals surface area contributed by atoms with Gasteiger partial charge in [-0.2, -0.15) is 0 Å². The van der Waals surface area contributed by atoms with E-state index in [9.17, 15) is 9.59 Å². The van der Waals surface area contributed by atoms with Crippen molar-refractivity contribution in [3.8, 4) is 0 Å². The summed E-state index contributed by atoms with van der Waals surface area (Å²) in [6.07, 6.45) is 5.72. The first-order valence-electron chi connectivity index (χ1n) is 10.0. The smallest absolute Gasteiger partial charge is 0.225 e. The number of carbonyl (C=O) groups excluding carboxylic acids is 2. The summed E-state index contributed by atoms with van der Waals surface area (Å²) in [5, 5.41) is 3.07. The minimum atomic E-state index is -0.0934. The lowest BCUT2D eigenvalue weighted by Gasteiger charge is -2.36. The molecule has 1 aliphatic heterocycles. The highest BCUT2D eigenvalue weighted by atomic mass is 16.2. The molecule has 0 bridgehead atoms. The van der Waals surface area contributed by atoms with Gasteiger partial charge in [-0.05, 0) is 43.9 Å². The Bertz CT molecular complexity index is 866. The number of benzene rings is 1. The Morgan fingerprint density at radius 2 is 2.04 bits per heavy atom. The molecular formula is C21H28N4O2. The number of nitrogens with zero attached hydrogens (tertiary/aromatic N) is 3. The average Bonchev–Trinajstić information content (AvgIpc) is 3.29. The number of aromatic nitrogens is 2. The standard InChI is InChI=1S/C21H28N4O2/c1-14-23-18-11-15(7-9-19(18)24(14)2)12-22-21(27)16-8-10-20(26)25(13-16)17-5-3-4-6-17/h7,9,11,16-17H,3-6,8,10,12-13H2,1-2H3,(H,22,27)/t16-/m0/s1. The maximum absolute atomic E-state index is 12.7. The predicted molar refractivity (Wildman–Crippen MR) is 104 cm³/mol. The molecule has 1 atom stereocenters. The maximum Gasteiger partial charge on any atom is 0.225 e. The van der Waals surface area contributed by atoms with Gasteiger partial charge < -0.3 is 14.8 Å². The fourth-order valence-corrected chi connectivity index (χ4v) is 4.46. The summed E-state index contributed by atoms with van der Waals surface area (Å²) >= 11 is 0. The summed E-state index contributed by atoms with van der Waals surface area (Å²) in [6.45, 7) is 3.06. The lowest BCUT2D eigenvalue weighted by Crippen LogP contribution is -2.49. The summed E-state index contributed by atoms with van der Waals surface area (Å²) in [5.41, 5.74) is 3.10. The molecule has 1 saturated carbocycles. The molecule has 0 unspecified atom stereocenters. The summed E-state index contributed by atoms with van der Waals surface area (Å²) < 4.78 is 2.06. The fourth-order valence-electron chi connectivity index (χ4n) is 4.46. The van der Waals surface area contributed by atoms with E-state index in [-0.39, 0.29) is 17.7 Å². The van der Waals surface area contributed by atoms with Crippen molar-refractivity contribution in [2.45, 2.75) is 58.0 Å². The van der Waals surface area contributed by atoms with Gasteiger partial charge in [0, 0.05) is 32.6 Å². The maximum atomic E-state index is 12.7. The van der Waals surface area contributed by atoms with E-state index in [0.29, 0.717) is 32.0 Å². The second-order valence-electron chi connectivity index (χ2n) is 7.98. The van der Waals surface area contributed by atoms with E-state index in [1.165, 1.54) is 12.8 Å². The Hall–Kier alpha value is -2.37. The van der Waals surface area contributed by atoms with Gasteiger partial charge in [-0.25, -0.2) is 4.98 Å². The summed E-state index contributed by atoms with van der Waals surface area (Å²) in [7, 11) is 2.01. The van der Waals surface area contributed by atoms with Crippen LogP contribution in [-0.4, -0.2) is 38.9 Å². The number of aryl methyl sites for hydroxylation is 2. The Morgan fingerprint density at radius 1 is 1.26 bits per heavy atom. The number of fused-ring (bicyclic) bond motifs is 1. The van der Waals surface area contributed by atoms with E-state index in [1.54, 1.807) is 0 Å². The van der Waals surface area contributed by atoms with Crippen LogP contribution in [-0.2, 0) is 23.2 Å². The van der Waals surface area contributed by atoms with Crippen LogP contribution in [0.4, 0.5) is 0 Å². The summed E-state index contributed by atoms with van der Waals surface area (Å²) in [6, 6.07) is 6.48. The third-order valence-electron chi connectivity index (χ3n) is 6.22. The highest BCUT2D eigenvalue weighted by Crippen LogP contribution is 2.28. The number of imidazole rings is 1. The van der Waals surface area contributed by atoms with Gasteiger partial charge in [0.15, 0.2) is 0 Å². The monoisotopic (exact) mass is 368 g/mol. The molecule has 1 aromatic heterocycles. The molecular weight excluding hydrogens is 340 g/mol. The van der Waals surface area contributed by atoms with Crippen molar-refractivity contribution in [2.75, 3.05) is 6.54 Å². The number of likely N-dealkylation sites (tertiary alicyclic amines) is 1. The molecule has 2 amide bonds. The first-order chi connectivity index (χ1) is 13.0. The lowest BCUT2D eigenvalue weighted by molar-refractivity contribution is -0.140. The molecule has 1 aromatic carbocycles. The molecule has 1 N–H and O–H groups in total. The van der Waals surface area contributed by atoms with Crippen LogP contribution in [0.2, 0.25) is 0 Å². The highest BCUT2D eigenvalue weighted by Gasteiger charge is 2.35. The number of hydrogen-bond acceptors (Lipinski definition) is 3. The van der Waals surface area contributed by atoms with Gasteiger partial charge in [0.05, 0.1) is 17.0 Å². The Balaban J connectivity index is 1.38. The SMILES string of the molecule is Cc1nc2cc(CNC(=O)[C@H]3CCC(=O)N(C4CCCC4)C3)ccc2n1C. The number of carbonyl (C=O) groups is 2. The van der Waals surface area contributed by atoms with Crippen molar-refractivity contribution in [1.82, 2.24) is 19.8 Å². The van der Waals surface area contributed by atoms with Crippen LogP contribution in [0.5, 0.6) is 0 Å². The van der Waals surface area contributed by atoms with E-state index in [2.05, 4.69) is 20.9 Å². The lowest BCUT2D eigenvalue weighted by atomic mass is 9.94. The molecule has 1 saturated heterocycles. The van der Waals surface area contributed by atoms with Gasteiger partial charge in [0.2, 0.25) is 11.8 Å². The van der Waals surface area contributed by atoms with Crippen LogP contribution in [0, 0.1) is 12.8 Å². The average molecular weight is 368 g/mol. The highest BCUT2D eigenvalue weighted by molar-refractivity contribution is 5.84. The number of amides is 2. The second kappa shape index (κ2) is 7.33. The van der Waals surface area contributed by atoms with E-state index >= 15 is 0 Å². The van der Waals surface area contributed by atoms with Gasteiger partial charge in [0.1, 0.15) is 5.82 Å². The van der Waals surface area contributed by atoms with E-state index in [1.807, 2.05) is 31.0 Å². The van der Waals surface area contributed by atoms with Gasteiger partial charge in [-0.15, -0.1) is 0 Å². The van der Waals surface area contributed by atoms with Crippen molar-refractivity contribution < 1.29 is 9.59 Å². The topological polar surface area (TPSA) is 67.2 Å². The van der Waals surface area contributed by atoms with Crippen LogP contribution in [0.3, 0.4) is 0 Å². The molecule has 27 heavy (non-hydrogen) atoms. The molecule has 1 aliphatic carbocycles. The Kier molecular flexibility index (Phi) is 4.89. The van der Waals surface area contributed by atoms with Crippen molar-refractivity contribution in [3.63, 3.8) is 0 Å². The van der Waals surface area contributed by atoms with Crippen LogP contribution >= 0.6 is 0 Å². The summed E-state index contributed by atoms with van der Waals surface area (Å²) in [5.74, 6) is 1.17. The Morgan fingerprint density at radius 3 is 2.81 bits per heavy atom. The second-order valence-corrected chi connectivity index (χ2v) is 7.98. The van der Waals surface area contributed by atoms with Crippen LogP contribution < -0.4 is 5.32 Å². The van der Waals surface area contributed by atoms with E-state index < -0.39 is 0 Å². The van der Waals surface area contributed by atoms with Crippen molar-refractivity contribution in [1.29, 1.82) is 0 Å². The third-order valence-corrected chi connectivity index (χ3v) is 6.22. The molecule has 6 heteroatoms. The quantitative estimate of drug-likeness (QED) is 0.902. The predicted octanol–water partition coefficient (Wildman–Crippen LogP) is 2.68. The number of nitrogens with one attached hydrogen (secondary N) is 1. The van der Waals surface area contributed by atoms with Gasteiger partial charge in [-0.1, -0.05) is 18.9 Å². The first kappa shape index (κ1) is 18.0. The fraction of sp³-hybridized carbons (Fsp3) is 0.571. The number of hydrogen-bond donors (Lipinski definition) is 1. The zero-order valence-electron chi connectivity index (χ0n) is 16.2. The molecule has 4 rings (SSSR count). The molecule has 144 valence electrons.